The Kier molecular flexibility index (Phi) is 7.61. The van der Waals surface area contributed by atoms with Crippen molar-refractivity contribution in [1.82, 2.24) is 4.90 Å². The van der Waals surface area contributed by atoms with E-state index in [1.807, 2.05) is 35.2 Å². The fourth-order valence-electron chi connectivity index (χ4n) is 3.50. The van der Waals surface area contributed by atoms with Gasteiger partial charge in [0.05, 0.1) is 5.69 Å². The minimum atomic E-state index is -0.590. The number of hydrogen-bond donors (Lipinski definition) is 1. The number of carbonyl (C=O) groups is 1. The molecule has 0 amide bonds. The third kappa shape index (κ3) is 6.54. The summed E-state index contributed by atoms with van der Waals surface area (Å²) in [6.07, 6.45) is 0.688. The van der Waals surface area contributed by atoms with Crippen LogP contribution < -0.4 is 9.64 Å². The first-order chi connectivity index (χ1) is 14.0. The van der Waals surface area contributed by atoms with Crippen LogP contribution in [0.5, 0.6) is 5.75 Å². The number of hydrogen-bond acceptors (Lipinski definition) is 5. The number of aryl methyl sites for hydroxylation is 1. The van der Waals surface area contributed by atoms with Gasteiger partial charge in [-0.25, -0.2) is 4.39 Å². The first-order valence-electron chi connectivity index (χ1n) is 10.1. The van der Waals surface area contributed by atoms with Gasteiger partial charge in [0.15, 0.2) is 0 Å². The number of piperazine rings is 1. The zero-order valence-electron chi connectivity index (χ0n) is 16.9. The Bertz CT molecular complexity index is 789. The smallest absolute Gasteiger partial charge is 0.146 e. The van der Waals surface area contributed by atoms with Crippen molar-refractivity contribution in [2.24, 2.45) is 0 Å². The zero-order valence-corrected chi connectivity index (χ0v) is 16.9. The molecular weight excluding hydrogens is 371 g/mol. The number of rotatable bonds is 9. The molecule has 3 rings (SSSR count). The molecule has 5 nitrogen and oxygen atoms in total. The van der Waals surface area contributed by atoms with Gasteiger partial charge in [0.2, 0.25) is 0 Å². The van der Waals surface area contributed by atoms with E-state index >= 15 is 0 Å². The van der Waals surface area contributed by atoms with E-state index in [2.05, 4.69) is 4.90 Å². The monoisotopic (exact) mass is 400 g/mol. The van der Waals surface area contributed by atoms with E-state index in [-0.39, 0.29) is 18.2 Å². The van der Waals surface area contributed by atoms with Crippen LogP contribution in [-0.4, -0.2) is 61.2 Å². The largest absolute Gasteiger partial charge is 0.491 e. The van der Waals surface area contributed by atoms with Gasteiger partial charge in [-0.15, -0.1) is 0 Å². The van der Waals surface area contributed by atoms with Crippen LogP contribution >= 0.6 is 0 Å². The van der Waals surface area contributed by atoms with Gasteiger partial charge in [-0.1, -0.05) is 24.3 Å². The van der Waals surface area contributed by atoms with Gasteiger partial charge < -0.3 is 19.5 Å². The lowest BCUT2D eigenvalue weighted by atomic mass is 10.1. The molecule has 0 aromatic heterocycles. The van der Waals surface area contributed by atoms with Crippen molar-refractivity contribution < 1.29 is 19.0 Å². The van der Waals surface area contributed by atoms with Crippen LogP contribution in [0, 0.1) is 5.82 Å². The molecule has 2 aromatic carbocycles. The van der Waals surface area contributed by atoms with Crippen molar-refractivity contribution in [3.8, 4) is 5.75 Å². The average Bonchev–Trinajstić information content (AvgIpc) is 2.72. The summed E-state index contributed by atoms with van der Waals surface area (Å²) < 4.78 is 19.6. The van der Waals surface area contributed by atoms with Crippen molar-refractivity contribution in [2.75, 3.05) is 44.2 Å². The molecule has 2 aromatic rings. The Hall–Kier alpha value is -2.44. The number of halogens is 1. The van der Waals surface area contributed by atoms with Gasteiger partial charge in [0.25, 0.3) is 0 Å². The summed E-state index contributed by atoms with van der Waals surface area (Å²) in [7, 11) is 0. The molecule has 156 valence electrons. The van der Waals surface area contributed by atoms with Crippen LogP contribution in [0.2, 0.25) is 0 Å². The van der Waals surface area contributed by atoms with Crippen molar-refractivity contribution in [3.05, 3.63) is 59.9 Å². The van der Waals surface area contributed by atoms with Gasteiger partial charge in [-0.3, -0.25) is 4.90 Å². The second-order valence-electron chi connectivity index (χ2n) is 7.55. The highest BCUT2D eigenvalue weighted by Crippen LogP contribution is 2.20. The van der Waals surface area contributed by atoms with Crippen LogP contribution in [0.25, 0.3) is 0 Å². The van der Waals surface area contributed by atoms with Gasteiger partial charge in [0.1, 0.15) is 30.1 Å². The SMILES string of the molecule is CC(=O)CCc1ccc(OCC(O)CN2CCN(c3ccccc3F)CC2)cc1. The summed E-state index contributed by atoms with van der Waals surface area (Å²) in [4.78, 5) is 15.3. The Morgan fingerprint density at radius 1 is 1.10 bits per heavy atom. The molecule has 0 saturated carbocycles. The quantitative estimate of drug-likeness (QED) is 0.702. The maximum absolute atomic E-state index is 13.9. The molecule has 0 bridgehead atoms. The number of para-hydroxylation sites is 1. The first kappa shape index (κ1) is 21.3. The van der Waals surface area contributed by atoms with E-state index in [1.165, 1.54) is 6.07 Å². The number of nitrogens with zero attached hydrogens (tertiary/aromatic N) is 2. The Labute approximate surface area is 171 Å². The lowest BCUT2D eigenvalue weighted by Crippen LogP contribution is -2.49. The van der Waals surface area contributed by atoms with Crippen LogP contribution in [0.15, 0.2) is 48.5 Å². The lowest BCUT2D eigenvalue weighted by Gasteiger charge is -2.36. The number of ketones is 1. The molecule has 1 unspecified atom stereocenters. The van der Waals surface area contributed by atoms with Crippen LogP contribution in [0.4, 0.5) is 10.1 Å². The number of Topliss-reactive ketones (excluding diaryl/α,β-unsaturated/α-hetero) is 1. The van der Waals surface area contributed by atoms with Gasteiger partial charge in [-0.2, -0.15) is 0 Å². The number of anilines is 1. The summed E-state index contributed by atoms with van der Waals surface area (Å²) in [5.41, 5.74) is 1.74. The average molecular weight is 400 g/mol. The Balaban J connectivity index is 1.38. The molecule has 1 saturated heterocycles. The van der Waals surface area contributed by atoms with Crippen molar-refractivity contribution in [3.63, 3.8) is 0 Å². The highest BCUT2D eigenvalue weighted by Gasteiger charge is 2.21. The Morgan fingerprint density at radius 3 is 2.45 bits per heavy atom. The summed E-state index contributed by atoms with van der Waals surface area (Å²) in [5, 5.41) is 10.3. The second-order valence-corrected chi connectivity index (χ2v) is 7.55. The number of aliphatic hydroxyl groups is 1. The fourth-order valence-corrected chi connectivity index (χ4v) is 3.50. The molecule has 1 aliphatic heterocycles. The first-order valence-corrected chi connectivity index (χ1v) is 10.1. The number of β-amino-alcohol motifs (C(OH)–C–C–N with tert-alkyl or cyclic N) is 1. The van der Waals surface area contributed by atoms with Gasteiger partial charge >= 0.3 is 0 Å². The van der Waals surface area contributed by atoms with Gasteiger partial charge in [0, 0.05) is 39.1 Å². The van der Waals surface area contributed by atoms with Crippen LogP contribution in [-0.2, 0) is 11.2 Å². The standard InChI is InChI=1S/C23H29FN2O3/c1-18(27)6-7-19-8-10-21(11-9-19)29-17-20(28)16-25-12-14-26(15-13-25)23-5-3-2-4-22(23)24/h2-5,8-11,20,28H,6-7,12-17H2,1H3. The molecule has 1 heterocycles. The van der Waals surface area contributed by atoms with E-state index in [1.54, 1.807) is 19.1 Å². The Morgan fingerprint density at radius 2 is 1.79 bits per heavy atom. The van der Waals surface area contributed by atoms with Crippen molar-refractivity contribution in [2.45, 2.75) is 25.9 Å². The van der Waals surface area contributed by atoms with E-state index in [0.717, 1.165) is 38.2 Å². The summed E-state index contributed by atoms with van der Waals surface area (Å²) in [6.45, 7) is 5.36. The second kappa shape index (κ2) is 10.4. The summed E-state index contributed by atoms with van der Waals surface area (Å²) in [6, 6.07) is 14.5. The zero-order chi connectivity index (χ0) is 20.6. The molecule has 29 heavy (non-hydrogen) atoms. The third-order valence-electron chi connectivity index (χ3n) is 5.17. The molecular formula is C23H29FN2O3. The molecule has 1 N–H and O–H groups in total. The van der Waals surface area contributed by atoms with E-state index in [9.17, 15) is 14.3 Å². The molecule has 1 fully saturated rings. The van der Waals surface area contributed by atoms with Crippen LogP contribution in [0.1, 0.15) is 18.9 Å². The highest BCUT2D eigenvalue weighted by molar-refractivity contribution is 5.75. The summed E-state index contributed by atoms with van der Waals surface area (Å²) in [5.74, 6) is 0.699. The fraction of sp³-hybridized carbons (Fsp3) is 0.435. The maximum atomic E-state index is 13.9. The third-order valence-corrected chi connectivity index (χ3v) is 5.17. The molecule has 0 radical (unpaired) electrons. The molecule has 1 atom stereocenters. The molecule has 0 aliphatic carbocycles. The van der Waals surface area contributed by atoms with Gasteiger partial charge in [-0.05, 0) is 43.2 Å². The lowest BCUT2D eigenvalue weighted by molar-refractivity contribution is -0.116. The van der Waals surface area contributed by atoms with Crippen molar-refractivity contribution >= 4 is 11.5 Å². The maximum Gasteiger partial charge on any atom is 0.146 e. The summed E-state index contributed by atoms with van der Waals surface area (Å²) >= 11 is 0. The van der Waals surface area contributed by atoms with Crippen molar-refractivity contribution in [1.29, 1.82) is 0 Å². The number of aliphatic hydroxyl groups excluding tert-OH is 1. The number of carbonyl (C=O) groups excluding carboxylic acids is 1. The molecule has 6 heteroatoms. The predicted octanol–water partition coefficient (Wildman–Crippen LogP) is 2.91. The van der Waals surface area contributed by atoms with Crippen LogP contribution in [0.3, 0.4) is 0 Å². The van der Waals surface area contributed by atoms with E-state index < -0.39 is 6.10 Å². The molecule has 1 aliphatic rings. The minimum absolute atomic E-state index is 0.184. The number of ether oxygens (including phenoxy) is 1. The minimum Gasteiger partial charge on any atom is -0.491 e. The highest BCUT2D eigenvalue weighted by atomic mass is 19.1. The normalized spacial score (nSPS) is 15.9. The molecule has 0 spiro atoms. The topological polar surface area (TPSA) is 53.0 Å². The number of benzene rings is 2. The van der Waals surface area contributed by atoms with E-state index in [4.69, 9.17) is 4.74 Å². The van der Waals surface area contributed by atoms with E-state index in [0.29, 0.717) is 24.4 Å². The predicted molar refractivity (Wildman–Crippen MR) is 112 cm³/mol.